The largest absolute Gasteiger partial charge is 0.377 e. The molecular weight excluding hydrogens is 276 g/mol. The van der Waals surface area contributed by atoms with Crippen molar-refractivity contribution in [1.82, 2.24) is 9.97 Å². The average molecular weight is 289 g/mol. The number of benzene rings is 1. The van der Waals surface area contributed by atoms with Crippen molar-refractivity contribution in [3.63, 3.8) is 0 Å². The minimum Gasteiger partial charge on any atom is -0.377 e. The van der Waals surface area contributed by atoms with Gasteiger partial charge in [0, 0.05) is 25.9 Å². The van der Waals surface area contributed by atoms with Gasteiger partial charge in [-0.3, -0.25) is 0 Å². The molecule has 0 aliphatic heterocycles. The lowest BCUT2D eigenvalue weighted by Crippen LogP contribution is -2.13. The molecule has 0 unspecified atom stereocenters. The maximum atomic E-state index is 8.94. The summed E-state index contributed by atoms with van der Waals surface area (Å²) in [6, 6.07) is 11.0. The molecule has 0 atom stereocenters. The zero-order valence-electron chi connectivity index (χ0n) is 11.2. The number of hydrogen-bond donors (Lipinski definition) is 0. The van der Waals surface area contributed by atoms with Gasteiger partial charge < -0.3 is 9.64 Å². The molecule has 0 aliphatic rings. The van der Waals surface area contributed by atoms with Crippen molar-refractivity contribution in [2.45, 2.75) is 6.61 Å². The Balaban J connectivity index is 2.37. The van der Waals surface area contributed by atoms with Crippen LogP contribution in [0.2, 0.25) is 5.15 Å². The van der Waals surface area contributed by atoms with Crippen LogP contribution in [0.3, 0.4) is 0 Å². The van der Waals surface area contributed by atoms with E-state index in [4.69, 9.17) is 21.6 Å². The monoisotopic (exact) mass is 288 g/mol. The molecule has 0 bridgehead atoms. The van der Waals surface area contributed by atoms with Gasteiger partial charge in [0.05, 0.1) is 11.6 Å². The van der Waals surface area contributed by atoms with Gasteiger partial charge in [0.25, 0.3) is 0 Å². The Labute approximate surface area is 122 Å². The lowest BCUT2D eigenvalue weighted by atomic mass is 10.2. The van der Waals surface area contributed by atoms with Gasteiger partial charge in [-0.25, -0.2) is 9.97 Å². The van der Waals surface area contributed by atoms with Gasteiger partial charge in [0.2, 0.25) is 0 Å². The first kappa shape index (κ1) is 14.3. The van der Waals surface area contributed by atoms with Crippen LogP contribution in [0.4, 0.5) is 11.5 Å². The van der Waals surface area contributed by atoms with E-state index in [2.05, 4.69) is 16.0 Å². The predicted molar refractivity (Wildman–Crippen MR) is 77.0 cm³/mol. The molecule has 1 heterocycles. The van der Waals surface area contributed by atoms with Gasteiger partial charge >= 0.3 is 0 Å². The number of halogens is 1. The van der Waals surface area contributed by atoms with Gasteiger partial charge in [-0.15, -0.1) is 0 Å². The first-order valence-electron chi connectivity index (χ1n) is 5.90. The maximum absolute atomic E-state index is 8.94. The number of aromatic nitrogens is 2. The lowest BCUT2D eigenvalue weighted by molar-refractivity contribution is 0.178. The second-order valence-corrected chi connectivity index (χ2v) is 4.51. The second kappa shape index (κ2) is 6.33. The summed E-state index contributed by atoms with van der Waals surface area (Å²) in [5.74, 6) is 1.16. The van der Waals surface area contributed by atoms with Gasteiger partial charge in [0.15, 0.2) is 5.82 Å². The number of ether oxygens (including phenoxy) is 1. The molecule has 2 aromatic rings. The fourth-order valence-corrected chi connectivity index (χ4v) is 1.93. The summed E-state index contributed by atoms with van der Waals surface area (Å²) >= 11 is 5.99. The molecule has 0 aliphatic carbocycles. The molecule has 0 saturated carbocycles. The minimum absolute atomic E-state index is 0.291. The summed E-state index contributed by atoms with van der Waals surface area (Å²) in [5.41, 5.74) is 1.44. The number of methoxy groups -OCH3 is 1. The van der Waals surface area contributed by atoms with Crippen LogP contribution in [0.1, 0.15) is 11.4 Å². The highest BCUT2D eigenvalue weighted by atomic mass is 35.5. The Hall–Kier alpha value is -2.16. The summed E-state index contributed by atoms with van der Waals surface area (Å²) in [5, 5.41) is 9.29. The molecule has 5 nitrogen and oxygen atoms in total. The van der Waals surface area contributed by atoms with E-state index in [-0.39, 0.29) is 0 Å². The summed E-state index contributed by atoms with van der Waals surface area (Å²) in [6.45, 7) is 0.291. The quantitative estimate of drug-likeness (QED) is 0.810. The Kier molecular flexibility index (Phi) is 4.51. The number of nitriles is 1. The molecule has 0 radical (unpaired) electrons. The zero-order valence-corrected chi connectivity index (χ0v) is 11.9. The molecule has 0 amide bonds. The molecular formula is C14H13ClN4O. The fraction of sp³-hybridized carbons (Fsp3) is 0.214. The van der Waals surface area contributed by atoms with Crippen molar-refractivity contribution >= 4 is 23.1 Å². The summed E-state index contributed by atoms with van der Waals surface area (Å²) in [7, 11) is 3.43. The van der Waals surface area contributed by atoms with E-state index in [1.54, 1.807) is 25.3 Å². The van der Waals surface area contributed by atoms with Crippen LogP contribution < -0.4 is 4.90 Å². The summed E-state index contributed by atoms with van der Waals surface area (Å²) < 4.78 is 5.01. The van der Waals surface area contributed by atoms with Gasteiger partial charge in [-0.1, -0.05) is 17.7 Å². The van der Waals surface area contributed by atoms with E-state index < -0.39 is 0 Å². The highest BCUT2D eigenvalue weighted by molar-refractivity contribution is 6.29. The van der Waals surface area contributed by atoms with E-state index in [1.165, 1.54) is 0 Å². The third-order valence-electron chi connectivity index (χ3n) is 2.71. The SMILES string of the molecule is COCc1nc(Cl)cc(N(C)c2cccc(C#N)c2)n1. The molecule has 2 rings (SSSR count). The molecule has 1 aromatic carbocycles. The fourth-order valence-electron chi connectivity index (χ4n) is 1.73. The average Bonchev–Trinajstić information content (AvgIpc) is 2.46. The molecule has 6 heteroatoms. The molecule has 0 N–H and O–H groups in total. The topological polar surface area (TPSA) is 62.0 Å². The molecule has 0 saturated heterocycles. The van der Waals surface area contributed by atoms with Crippen molar-refractivity contribution in [3.8, 4) is 6.07 Å². The Bertz CT molecular complexity index is 654. The number of nitrogens with zero attached hydrogens (tertiary/aromatic N) is 4. The Morgan fingerprint density at radius 2 is 2.15 bits per heavy atom. The molecule has 0 spiro atoms. The lowest BCUT2D eigenvalue weighted by Gasteiger charge is -2.19. The minimum atomic E-state index is 0.291. The van der Waals surface area contributed by atoms with Gasteiger partial charge in [-0.2, -0.15) is 5.26 Å². The Morgan fingerprint density at radius 1 is 1.35 bits per heavy atom. The third-order valence-corrected chi connectivity index (χ3v) is 2.90. The van der Waals surface area contributed by atoms with Crippen molar-refractivity contribution in [1.29, 1.82) is 5.26 Å². The normalized spacial score (nSPS) is 10.1. The van der Waals surface area contributed by atoms with Gasteiger partial charge in [0.1, 0.15) is 17.6 Å². The smallest absolute Gasteiger partial charge is 0.158 e. The van der Waals surface area contributed by atoms with Crippen LogP contribution in [0, 0.1) is 11.3 Å². The highest BCUT2D eigenvalue weighted by Crippen LogP contribution is 2.24. The van der Waals surface area contributed by atoms with Crippen LogP contribution >= 0.6 is 11.6 Å². The summed E-state index contributed by atoms with van der Waals surface area (Å²) in [6.07, 6.45) is 0. The standard InChI is InChI=1S/C14H13ClN4O/c1-19(11-5-3-4-10(6-11)8-16)14-7-12(15)17-13(18-14)9-20-2/h3-7H,9H2,1-2H3. The molecule has 1 aromatic heterocycles. The molecule has 102 valence electrons. The first-order valence-corrected chi connectivity index (χ1v) is 6.28. The van der Waals surface area contributed by atoms with Crippen LogP contribution in [0.15, 0.2) is 30.3 Å². The third kappa shape index (κ3) is 3.23. The molecule has 0 fully saturated rings. The highest BCUT2D eigenvalue weighted by Gasteiger charge is 2.10. The summed E-state index contributed by atoms with van der Waals surface area (Å²) in [4.78, 5) is 10.3. The van der Waals surface area contributed by atoms with Crippen LogP contribution in [-0.2, 0) is 11.3 Å². The van der Waals surface area contributed by atoms with E-state index in [0.29, 0.717) is 29.0 Å². The maximum Gasteiger partial charge on any atom is 0.158 e. The van der Waals surface area contributed by atoms with E-state index >= 15 is 0 Å². The van der Waals surface area contributed by atoms with Crippen molar-refractivity contribution < 1.29 is 4.74 Å². The van der Waals surface area contributed by atoms with E-state index in [0.717, 1.165) is 5.69 Å². The van der Waals surface area contributed by atoms with E-state index in [1.807, 2.05) is 24.1 Å². The van der Waals surface area contributed by atoms with Crippen LogP contribution in [0.5, 0.6) is 0 Å². The van der Waals surface area contributed by atoms with Crippen molar-refractivity contribution in [3.05, 3.63) is 46.9 Å². The second-order valence-electron chi connectivity index (χ2n) is 4.12. The zero-order chi connectivity index (χ0) is 14.5. The number of anilines is 2. The van der Waals surface area contributed by atoms with Crippen molar-refractivity contribution in [2.75, 3.05) is 19.1 Å². The van der Waals surface area contributed by atoms with Crippen LogP contribution in [0.25, 0.3) is 0 Å². The first-order chi connectivity index (χ1) is 9.63. The van der Waals surface area contributed by atoms with Crippen LogP contribution in [-0.4, -0.2) is 24.1 Å². The van der Waals surface area contributed by atoms with E-state index in [9.17, 15) is 0 Å². The number of rotatable bonds is 4. The predicted octanol–water partition coefficient (Wildman–Crippen LogP) is 2.92. The Morgan fingerprint density at radius 3 is 2.85 bits per heavy atom. The van der Waals surface area contributed by atoms with Gasteiger partial charge in [-0.05, 0) is 18.2 Å². The molecule has 20 heavy (non-hydrogen) atoms. The number of hydrogen-bond acceptors (Lipinski definition) is 5. The van der Waals surface area contributed by atoms with Crippen molar-refractivity contribution in [2.24, 2.45) is 0 Å².